The van der Waals surface area contributed by atoms with E-state index < -0.39 is 5.97 Å². The number of carbonyl (C=O) groups excluding carboxylic acids is 2. The second-order valence-corrected chi connectivity index (χ2v) is 7.38. The Morgan fingerprint density at radius 2 is 1.86 bits per heavy atom. The molecule has 0 fully saturated rings. The summed E-state index contributed by atoms with van der Waals surface area (Å²) in [4.78, 5) is 29.2. The molecule has 1 aromatic heterocycles. The Balaban J connectivity index is 1.99. The van der Waals surface area contributed by atoms with E-state index in [9.17, 15) is 9.59 Å². The molecule has 0 aliphatic carbocycles. The number of thiazole rings is 1. The first kappa shape index (κ1) is 20.0. The maximum atomic E-state index is 12.5. The van der Waals surface area contributed by atoms with Gasteiger partial charge in [-0.25, -0.2) is 4.79 Å². The highest BCUT2D eigenvalue weighted by molar-refractivity contribution is 7.16. The molecule has 0 aliphatic rings. The summed E-state index contributed by atoms with van der Waals surface area (Å²) in [6, 6.07) is 13.2. The number of methoxy groups -OCH3 is 2. The van der Waals surface area contributed by atoms with Crippen LogP contribution in [0.5, 0.6) is 0 Å². The molecule has 0 bridgehead atoms. The average Bonchev–Trinajstić information content (AvgIpc) is 3.03. The van der Waals surface area contributed by atoms with E-state index in [2.05, 4.69) is 4.99 Å². The van der Waals surface area contributed by atoms with Crippen molar-refractivity contribution in [2.45, 2.75) is 19.9 Å². The SMILES string of the molecule is COCCn1c(=NC(=O)Cc2ccc(C)cc2)sc2cc(C(=O)OC)ccc21. The van der Waals surface area contributed by atoms with E-state index in [1.165, 1.54) is 18.4 Å². The minimum Gasteiger partial charge on any atom is -0.465 e. The van der Waals surface area contributed by atoms with E-state index in [-0.39, 0.29) is 12.3 Å². The summed E-state index contributed by atoms with van der Waals surface area (Å²) in [5.74, 6) is -0.609. The first-order chi connectivity index (χ1) is 13.5. The fourth-order valence-corrected chi connectivity index (χ4v) is 3.94. The molecular formula is C21H22N2O4S. The predicted octanol–water partition coefficient (Wildman–Crippen LogP) is 3.11. The number of aromatic nitrogens is 1. The third-order valence-corrected chi connectivity index (χ3v) is 5.36. The highest BCUT2D eigenvalue weighted by atomic mass is 32.1. The monoisotopic (exact) mass is 398 g/mol. The molecule has 146 valence electrons. The Kier molecular flexibility index (Phi) is 6.38. The summed E-state index contributed by atoms with van der Waals surface area (Å²) >= 11 is 1.37. The zero-order valence-corrected chi connectivity index (χ0v) is 16.9. The second kappa shape index (κ2) is 8.95. The molecule has 1 heterocycles. The Morgan fingerprint density at radius 1 is 1.11 bits per heavy atom. The topological polar surface area (TPSA) is 69.9 Å². The molecule has 0 radical (unpaired) electrons. The Labute approximate surface area is 167 Å². The number of benzene rings is 2. The van der Waals surface area contributed by atoms with Gasteiger partial charge in [0.15, 0.2) is 4.80 Å². The summed E-state index contributed by atoms with van der Waals surface area (Å²) < 4.78 is 12.8. The van der Waals surface area contributed by atoms with Crippen molar-refractivity contribution < 1.29 is 19.1 Å². The molecule has 0 N–H and O–H groups in total. The average molecular weight is 398 g/mol. The normalized spacial score (nSPS) is 11.8. The minimum absolute atomic E-state index is 0.213. The number of carbonyl (C=O) groups is 2. The lowest BCUT2D eigenvalue weighted by Crippen LogP contribution is -2.19. The van der Waals surface area contributed by atoms with E-state index in [1.807, 2.05) is 41.8 Å². The van der Waals surface area contributed by atoms with Gasteiger partial charge in [0.05, 0.1) is 35.9 Å². The summed E-state index contributed by atoms with van der Waals surface area (Å²) in [5.41, 5.74) is 3.44. The van der Waals surface area contributed by atoms with Gasteiger partial charge < -0.3 is 14.0 Å². The van der Waals surface area contributed by atoms with Gasteiger partial charge in [-0.2, -0.15) is 4.99 Å². The lowest BCUT2D eigenvalue weighted by molar-refractivity contribution is -0.117. The predicted molar refractivity (Wildman–Crippen MR) is 108 cm³/mol. The number of fused-ring (bicyclic) bond motifs is 1. The maximum absolute atomic E-state index is 12.5. The van der Waals surface area contributed by atoms with Gasteiger partial charge in [0.2, 0.25) is 0 Å². The van der Waals surface area contributed by atoms with Gasteiger partial charge in [-0.1, -0.05) is 41.2 Å². The molecule has 2 aromatic carbocycles. The highest BCUT2D eigenvalue weighted by Gasteiger charge is 2.12. The highest BCUT2D eigenvalue weighted by Crippen LogP contribution is 2.20. The standard InChI is InChI=1S/C21H22N2O4S/c1-14-4-6-15(7-5-14)12-19(24)22-21-23(10-11-26-2)17-9-8-16(20(25)27-3)13-18(17)28-21/h4-9,13H,10-12H2,1-3H3. The smallest absolute Gasteiger partial charge is 0.337 e. The third kappa shape index (κ3) is 4.55. The Bertz CT molecular complexity index is 1060. The summed E-state index contributed by atoms with van der Waals surface area (Å²) in [6.07, 6.45) is 0.242. The van der Waals surface area contributed by atoms with Gasteiger partial charge in [-0.05, 0) is 30.7 Å². The number of nitrogens with zero attached hydrogens (tertiary/aromatic N) is 2. The quantitative estimate of drug-likeness (QED) is 0.598. The van der Waals surface area contributed by atoms with Crippen LogP contribution in [0.15, 0.2) is 47.5 Å². The molecule has 3 aromatic rings. The molecule has 0 atom stereocenters. The van der Waals surface area contributed by atoms with Crippen LogP contribution in [-0.2, 0) is 27.2 Å². The molecule has 0 aliphatic heterocycles. The van der Waals surface area contributed by atoms with Crippen LogP contribution in [0.2, 0.25) is 0 Å². The Hall–Kier alpha value is -2.77. The van der Waals surface area contributed by atoms with Gasteiger partial charge in [0.1, 0.15) is 0 Å². The van der Waals surface area contributed by atoms with Crippen LogP contribution in [-0.4, -0.2) is 37.3 Å². The lowest BCUT2D eigenvalue weighted by atomic mass is 10.1. The van der Waals surface area contributed by atoms with Crippen LogP contribution in [0, 0.1) is 6.92 Å². The summed E-state index contributed by atoms with van der Waals surface area (Å²) in [5, 5.41) is 0. The Morgan fingerprint density at radius 3 is 2.54 bits per heavy atom. The van der Waals surface area contributed by atoms with Crippen molar-refractivity contribution in [1.29, 1.82) is 0 Å². The number of aryl methyl sites for hydroxylation is 1. The zero-order valence-electron chi connectivity index (χ0n) is 16.1. The van der Waals surface area contributed by atoms with Gasteiger partial charge in [-0.15, -0.1) is 0 Å². The van der Waals surface area contributed by atoms with Crippen LogP contribution in [0.4, 0.5) is 0 Å². The number of amides is 1. The molecular weight excluding hydrogens is 376 g/mol. The van der Waals surface area contributed by atoms with Crippen molar-refractivity contribution in [3.63, 3.8) is 0 Å². The number of hydrogen-bond acceptors (Lipinski definition) is 5. The molecule has 0 saturated heterocycles. The molecule has 0 unspecified atom stereocenters. The molecule has 6 nitrogen and oxygen atoms in total. The van der Waals surface area contributed by atoms with E-state index in [4.69, 9.17) is 9.47 Å². The van der Waals surface area contributed by atoms with E-state index >= 15 is 0 Å². The van der Waals surface area contributed by atoms with E-state index in [1.54, 1.807) is 19.2 Å². The van der Waals surface area contributed by atoms with Crippen LogP contribution in [0.1, 0.15) is 21.5 Å². The van der Waals surface area contributed by atoms with Crippen molar-refractivity contribution in [1.82, 2.24) is 4.57 Å². The lowest BCUT2D eigenvalue weighted by Gasteiger charge is -2.05. The molecule has 0 saturated carbocycles. The van der Waals surface area contributed by atoms with Gasteiger partial charge in [0, 0.05) is 13.7 Å². The van der Waals surface area contributed by atoms with Gasteiger partial charge >= 0.3 is 5.97 Å². The molecule has 1 amide bonds. The van der Waals surface area contributed by atoms with Crippen molar-refractivity contribution in [3.05, 3.63) is 64.0 Å². The molecule has 3 rings (SSSR count). The number of ether oxygens (including phenoxy) is 2. The van der Waals surface area contributed by atoms with Crippen molar-refractivity contribution in [3.8, 4) is 0 Å². The second-order valence-electron chi connectivity index (χ2n) is 6.37. The number of hydrogen-bond donors (Lipinski definition) is 0. The largest absolute Gasteiger partial charge is 0.465 e. The van der Waals surface area contributed by atoms with Gasteiger partial charge in [-0.3, -0.25) is 4.79 Å². The van der Waals surface area contributed by atoms with Crippen LogP contribution in [0.3, 0.4) is 0 Å². The number of esters is 1. The van der Waals surface area contributed by atoms with Gasteiger partial charge in [0.25, 0.3) is 5.91 Å². The maximum Gasteiger partial charge on any atom is 0.337 e. The van der Waals surface area contributed by atoms with E-state index in [0.717, 1.165) is 21.3 Å². The summed E-state index contributed by atoms with van der Waals surface area (Å²) in [6.45, 7) is 3.06. The minimum atomic E-state index is -0.396. The van der Waals surface area contributed by atoms with Crippen LogP contribution < -0.4 is 4.80 Å². The zero-order chi connectivity index (χ0) is 20.1. The number of rotatable bonds is 6. The van der Waals surface area contributed by atoms with Crippen molar-refractivity contribution in [2.24, 2.45) is 4.99 Å². The molecule has 0 spiro atoms. The van der Waals surface area contributed by atoms with Crippen LogP contribution in [0.25, 0.3) is 10.2 Å². The first-order valence-corrected chi connectivity index (χ1v) is 9.67. The first-order valence-electron chi connectivity index (χ1n) is 8.85. The van der Waals surface area contributed by atoms with Crippen molar-refractivity contribution >= 4 is 33.4 Å². The fraction of sp³-hybridized carbons (Fsp3) is 0.286. The van der Waals surface area contributed by atoms with E-state index in [0.29, 0.717) is 23.5 Å². The van der Waals surface area contributed by atoms with Crippen molar-refractivity contribution in [2.75, 3.05) is 20.8 Å². The molecule has 7 heteroatoms. The fourth-order valence-electron chi connectivity index (χ4n) is 2.83. The third-order valence-electron chi connectivity index (χ3n) is 4.32. The molecule has 28 heavy (non-hydrogen) atoms. The summed E-state index contributed by atoms with van der Waals surface area (Å²) in [7, 11) is 2.98. The van der Waals surface area contributed by atoms with Crippen LogP contribution >= 0.6 is 11.3 Å².